The Kier molecular flexibility index (Phi) is 6.15. The third kappa shape index (κ3) is 4.22. The van der Waals surface area contributed by atoms with Gasteiger partial charge in [-0.2, -0.15) is 0 Å². The van der Waals surface area contributed by atoms with Crippen molar-refractivity contribution in [2.24, 2.45) is 0 Å². The van der Waals surface area contributed by atoms with E-state index in [4.69, 9.17) is 23.2 Å². The van der Waals surface area contributed by atoms with Gasteiger partial charge in [-0.1, -0.05) is 47.5 Å². The number of rotatable bonds is 4. The average molecular weight is 491 g/mol. The first-order valence-corrected chi connectivity index (χ1v) is 12.0. The second-order valence-corrected chi connectivity index (χ2v) is 9.62. The maximum absolute atomic E-state index is 13.5. The number of anilines is 1. The lowest BCUT2D eigenvalue weighted by Gasteiger charge is -2.27. The summed E-state index contributed by atoms with van der Waals surface area (Å²) in [4.78, 5) is 24.7. The minimum atomic E-state index is -0.135. The topological polar surface area (TPSA) is 58.1 Å². The summed E-state index contributed by atoms with van der Waals surface area (Å²) in [6.07, 6.45) is 6.38. The number of hydrogen-bond donors (Lipinski definition) is 1. The highest BCUT2D eigenvalue weighted by atomic mass is 35.5. The van der Waals surface area contributed by atoms with Crippen LogP contribution in [-0.4, -0.2) is 30.0 Å². The first-order valence-electron chi connectivity index (χ1n) is 11.2. The molecule has 2 heterocycles. The lowest BCUT2D eigenvalue weighted by Crippen LogP contribution is -2.32. The Morgan fingerprint density at radius 3 is 2.59 bits per heavy atom. The highest BCUT2D eigenvalue weighted by Gasteiger charge is 2.25. The number of hydrogen-bond acceptors (Lipinski definition) is 4. The number of carbonyl (C=O) groups excluding carboxylic acids is 1. The second-order valence-electron chi connectivity index (χ2n) is 8.75. The van der Waals surface area contributed by atoms with Crippen molar-refractivity contribution in [3.8, 4) is 11.3 Å². The van der Waals surface area contributed by atoms with E-state index in [0.29, 0.717) is 26.8 Å². The van der Waals surface area contributed by atoms with Gasteiger partial charge in [-0.25, -0.2) is 0 Å². The van der Waals surface area contributed by atoms with E-state index < -0.39 is 0 Å². The molecule has 1 aliphatic carbocycles. The maximum Gasteiger partial charge on any atom is 0.255 e. The van der Waals surface area contributed by atoms with E-state index in [1.165, 1.54) is 11.1 Å². The largest absolute Gasteiger partial charge is 0.376 e. The number of pyridine rings is 2. The van der Waals surface area contributed by atoms with Crippen LogP contribution in [0.15, 0.2) is 60.9 Å². The predicted molar refractivity (Wildman–Crippen MR) is 139 cm³/mol. The molecule has 1 aliphatic rings. The first kappa shape index (κ1) is 22.6. The first-order chi connectivity index (χ1) is 16.4. The van der Waals surface area contributed by atoms with Crippen molar-refractivity contribution in [2.45, 2.75) is 25.3 Å². The van der Waals surface area contributed by atoms with Gasteiger partial charge < -0.3 is 10.2 Å². The zero-order valence-corrected chi connectivity index (χ0v) is 20.5. The van der Waals surface area contributed by atoms with Crippen molar-refractivity contribution >= 4 is 45.7 Å². The zero-order valence-electron chi connectivity index (χ0n) is 19.0. The third-order valence-electron chi connectivity index (χ3n) is 6.26. The summed E-state index contributed by atoms with van der Waals surface area (Å²) in [5.41, 5.74) is 5.95. The average Bonchev–Trinajstić information content (AvgIpc) is 2.82. The summed E-state index contributed by atoms with van der Waals surface area (Å²) in [6, 6.07) is 15.5. The fraction of sp³-hybridized carbons (Fsp3) is 0.222. The highest BCUT2D eigenvalue weighted by Crippen LogP contribution is 2.36. The molecule has 0 saturated heterocycles. The number of halogens is 2. The summed E-state index contributed by atoms with van der Waals surface area (Å²) in [5.74, 6) is -0.135. The van der Waals surface area contributed by atoms with Crippen LogP contribution in [0.1, 0.15) is 40.4 Å². The highest BCUT2D eigenvalue weighted by molar-refractivity contribution is 6.35. The minimum absolute atomic E-state index is 0.00948. The molecule has 0 radical (unpaired) electrons. The van der Waals surface area contributed by atoms with Crippen LogP contribution in [0.2, 0.25) is 10.0 Å². The number of aromatic nitrogens is 2. The van der Waals surface area contributed by atoms with E-state index >= 15 is 0 Å². The van der Waals surface area contributed by atoms with Gasteiger partial charge in [0.2, 0.25) is 0 Å². The smallest absolute Gasteiger partial charge is 0.255 e. The van der Waals surface area contributed by atoms with Crippen molar-refractivity contribution in [1.82, 2.24) is 15.3 Å². The number of amides is 1. The zero-order chi connectivity index (χ0) is 23.8. The molecule has 34 heavy (non-hydrogen) atoms. The Bertz CT molecular complexity index is 1380. The molecule has 2 aromatic carbocycles. The van der Waals surface area contributed by atoms with Crippen LogP contribution in [0.4, 0.5) is 5.69 Å². The van der Waals surface area contributed by atoms with Gasteiger partial charge in [0.25, 0.3) is 5.91 Å². The van der Waals surface area contributed by atoms with E-state index in [1.54, 1.807) is 18.5 Å². The predicted octanol–water partition coefficient (Wildman–Crippen LogP) is 6.48. The standard InChI is InChI=1S/C27H24Cl2N4O/c1-33(2)26-21-10-11-30-24(17-12-18(28)14-19(29)13-17)25(21)31-15-22(26)27(34)32-23-9-5-7-16-6-3-4-8-20(16)23/h3-4,6,8,10-15,23H,5,7,9H2,1-2H3,(H,32,34)/t23-/m0/s1. The van der Waals surface area contributed by atoms with Crippen LogP contribution in [0, 0.1) is 0 Å². The van der Waals surface area contributed by atoms with E-state index in [2.05, 4.69) is 33.5 Å². The lowest BCUT2D eigenvalue weighted by atomic mass is 9.87. The van der Waals surface area contributed by atoms with Gasteiger partial charge >= 0.3 is 0 Å². The van der Waals surface area contributed by atoms with Crippen LogP contribution in [0.25, 0.3) is 22.2 Å². The molecule has 0 saturated carbocycles. The van der Waals surface area contributed by atoms with E-state index in [0.717, 1.165) is 35.9 Å². The number of benzene rings is 2. The number of aryl methyl sites for hydroxylation is 1. The molecule has 172 valence electrons. The molecule has 1 amide bonds. The molecule has 2 aromatic heterocycles. The van der Waals surface area contributed by atoms with Gasteiger partial charge in [0.05, 0.1) is 28.5 Å². The van der Waals surface area contributed by atoms with Crippen LogP contribution in [-0.2, 0) is 6.42 Å². The van der Waals surface area contributed by atoms with Gasteiger partial charge in [-0.15, -0.1) is 0 Å². The number of nitrogens with zero attached hydrogens (tertiary/aromatic N) is 3. The van der Waals surface area contributed by atoms with Crippen LogP contribution in [0.3, 0.4) is 0 Å². The van der Waals surface area contributed by atoms with Gasteiger partial charge in [-0.3, -0.25) is 14.8 Å². The fourth-order valence-corrected chi connectivity index (χ4v) is 5.33. The molecule has 0 fully saturated rings. The summed E-state index contributed by atoms with van der Waals surface area (Å²) < 4.78 is 0. The van der Waals surface area contributed by atoms with Gasteiger partial charge in [0.15, 0.2) is 0 Å². The van der Waals surface area contributed by atoms with Gasteiger partial charge in [0, 0.05) is 47.5 Å². The fourth-order valence-electron chi connectivity index (χ4n) is 4.80. The van der Waals surface area contributed by atoms with Crippen molar-refractivity contribution < 1.29 is 4.79 Å². The van der Waals surface area contributed by atoms with Gasteiger partial charge in [-0.05, 0) is 54.7 Å². The Balaban J connectivity index is 1.58. The number of fused-ring (bicyclic) bond motifs is 2. The Morgan fingerprint density at radius 2 is 1.82 bits per heavy atom. The quantitative estimate of drug-likeness (QED) is 0.355. The molecule has 0 unspecified atom stereocenters. The molecule has 7 heteroatoms. The summed E-state index contributed by atoms with van der Waals surface area (Å²) in [7, 11) is 3.86. The molecule has 0 bridgehead atoms. The molecule has 5 nitrogen and oxygen atoms in total. The van der Waals surface area contributed by atoms with Crippen LogP contribution in [0.5, 0.6) is 0 Å². The molecule has 1 atom stereocenters. The van der Waals surface area contributed by atoms with E-state index in [9.17, 15) is 4.79 Å². The van der Waals surface area contributed by atoms with Crippen molar-refractivity contribution in [2.75, 3.05) is 19.0 Å². The molecule has 0 aliphatic heterocycles. The molecular formula is C27H24Cl2N4O. The number of nitrogens with one attached hydrogen (secondary N) is 1. The van der Waals surface area contributed by atoms with Crippen LogP contribution >= 0.6 is 23.2 Å². The number of carbonyl (C=O) groups is 1. The second kappa shape index (κ2) is 9.24. The van der Waals surface area contributed by atoms with E-state index in [1.807, 2.05) is 43.3 Å². The van der Waals surface area contributed by atoms with Crippen molar-refractivity contribution in [3.05, 3.63) is 87.7 Å². The molecule has 0 spiro atoms. The normalized spacial score (nSPS) is 15.1. The van der Waals surface area contributed by atoms with Crippen molar-refractivity contribution in [3.63, 3.8) is 0 Å². The molecule has 4 aromatic rings. The summed E-state index contributed by atoms with van der Waals surface area (Å²) in [5, 5.41) is 5.14. The lowest BCUT2D eigenvalue weighted by molar-refractivity contribution is 0.0933. The van der Waals surface area contributed by atoms with Crippen LogP contribution < -0.4 is 10.2 Å². The monoisotopic (exact) mass is 490 g/mol. The summed E-state index contributed by atoms with van der Waals surface area (Å²) in [6.45, 7) is 0. The molecule has 5 rings (SSSR count). The molecule has 1 N–H and O–H groups in total. The van der Waals surface area contributed by atoms with Gasteiger partial charge in [0.1, 0.15) is 0 Å². The Labute approximate surface area is 208 Å². The minimum Gasteiger partial charge on any atom is -0.376 e. The molecular weight excluding hydrogens is 467 g/mol. The van der Waals surface area contributed by atoms with Crippen molar-refractivity contribution in [1.29, 1.82) is 0 Å². The SMILES string of the molecule is CN(C)c1c(C(=O)N[C@H]2CCCc3ccccc32)cnc2c(-c3cc(Cl)cc(Cl)c3)nccc12. The Hall–Kier alpha value is -3.15. The summed E-state index contributed by atoms with van der Waals surface area (Å²) >= 11 is 12.5. The Morgan fingerprint density at radius 1 is 1.06 bits per heavy atom. The van der Waals surface area contributed by atoms with E-state index in [-0.39, 0.29) is 11.9 Å². The maximum atomic E-state index is 13.5. The third-order valence-corrected chi connectivity index (χ3v) is 6.70.